The first kappa shape index (κ1) is 12.5. The zero-order chi connectivity index (χ0) is 11.6. The Bertz CT molecular complexity index is 357. The van der Waals surface area contributed by atoms with E-state index in [1.807, 2.05) is 20.8 Å². The van der Waals surface area contributed by atoms with Crippen LogP contribution in [0.5, 0.6) is 0 Å². The highest BCUT2D eigenvalue weighted by Crippen LogP contribution is 2.25. The predicted molar refractivity (Wildman–Crippen MR) is 64.9 cm³/mol. The average molecular weight is 245 g/mol. The summed E-state index contributed by atoms with van der Waals surface area (Å²) in [5, 5.41) is 1.000. The third-order valence-electron chi connectivity index (χ3n) is 1.88. The van der Waals surface area contributed by atoms with Crippen molar-refractivity contribution in [3.63, 3.8) is 0 Å². The summed E-state index contributed by atoms with van der Waals surface area (Å²) in [4.78, 5) is 11.8. The van der Waals surface area contributed by atoms with E-state index in [-0.39, 0.29) is 11.2 Å². The fourth-order valence-corrected chi connectivity index (χ4v) is 1.82. The van der Waals surface area contributed by atoms with Crippen LogP contribution in [-0.2, 0) is 0 Å². The Hall–Kier alpha value is -0.530. The topological polar surface area (TPSA) is 17.1 Å². The molecule has 0 aliphatic rings. The summed E-state index contributed by atoms with van der Waals surface area (Å²) in [7, 11) is 0. The number of ketones is 1. The first-order chi connectivity index (χ1) is 6.78. The lowest BCUT2D eigenvalue weighted by molar-refractivity contribution is 0.0940. The second kappa shape index (κ2) is 4.54. The highest BCUT2D eigenvalue weighted by molar-refractivity contribution is 6.35. The van der Waals surface area contributed by atoms with Crippen LogP contribution in [0, 0.1) is 5.41 Å². The fourth-order valence-electron chi connectivity index (χ4n) is 1.30. The molecule has 0 aliphatic carbocycles. The Morgan fingerprint density at radius 1 is 1.13 bits per heavy atom. The van der Waals surface area contributed by atoms with Crippen LogP contribution in [0.3, 0.4) is 0 Å². The highest BCUT2D eigenvalue weighted by Gasteiger charge is 2.17. The van der Waals surface area contributed by atoms with Gasteiger partial charge in [0.25, 0.3) is 0 Å². The van der Waals surface area contributed by atoms with E-state index in [1.54, 1.807) is 18.2 Å². The van der Waals surface area contributed by atoms with Crippen LogP contribution in [-0.4, -0.2) is 5.78 Å². The summed E-state index contributed by atoms with van der Waals surface area (Å²) in [6.45, 7) is 6.07. The number of carbonyl (C=O) groups is 1. The summed E-state index contributed by atoms with van der Waals surface area (Å²) in [5.74, 6) is 0.0758. The number of carbonyl (C=O) groups excluding carboxylic acids is 1. The van der Waals surface area contributed by atoms with Crippen molar-refractivity contribution in [2.24, 2.45) is 5.41 Å². The number of rotatable bonds is 2. The van der Waals surface area contributed by atoms with E-state index in [0.29, 0.717) is 22.0 Å². The minimum atomic E-state index is -0.0219. The lowest BCUT2D eigenvalue weighted by atomic mass is 9.88. The summed E-state index contributed by atoms with van der Waals surface area (Å²) in [5.41, 5.74) is 0.564. The van der Waals surface area contributed by atoms with Gasteiger partial charge in [0.15, 0.2) is 5.78 Å². The first-order valence-corrected chi connectivity index (χ1v) is 5.53. The molecule has 0 fully saturated rings. The van der Waals surface area contributed by atoms with Gasteiger partial charge in [0.2, 0.25) is 0 Å². The SMILES string of the molecule is CC(C)(C)CC(=O)c1cc(Cl)cc(Cl)c1. The summed E-state index contributed by atoms with van der Waals surface area (Å²) < 4.78 is 0. The van der Waals surface area contributed by atoms with Gasteiger partial charge in [0.1, 0.15) is 0 Å². The van der Waals surface area contributed by atoms with E-state index in [2.05, 4.69) is 0 Å². The van der Waals surface area contributed by atoms with Crippen LogP contribution in [0.25, 0.3) is 0 Å². The van der Waals surface area contributed by atoms with Crippen molar-refractivity contribution in [1.29, 1.82) is 0 Å². The number of hydrogen-bond acceptors (Lipinski definition) is 1. The monoisotopic (exact) mass is 244 g/mol. The summed E-state index contributed by atoms with van der Waals surface area (Å²) >= 11 is 11.7. The van der Waals surface area contributed by atoms with Crippen LogP contribution in [0.2, 0.25) is 10.0 Å². The molecule has 0 N–H and O–H groups in total. The Morgan fingerprint density at radius 2 is 1.60 bits per heavy atom. The third-order valence-corrected chi connectivity index (χ3v) is 2.31. The van der Waals surface area contributed by atoms with Crippen LogP contribution in [0.15, 0.2) is 18.2 Å². The largest absolute Gasteiger partial charge is 0.294 e. The Labute approximate surface area is 100 Å². The summed E-state index contributed by atoms with van der Waals surface area (Å²) in [6.07, 6.45) is 0.490. The van der Waals surface area contributed by atoms with Gasteiger partial charge >= 0.3 is 0 Å². The predicted octanol–water partition coefficient (Wildman–Crippen LogP) is 4.61. The molecule has 15 heavy (non-hydrogen) atoms. The average Bonchev–Trinajstić information content (AvgIpc) is 1.98. The molecule has 0 radical (unpaired) electrons. The van der Waals surface area contributed by atoms with Crippen molar-refractivity contribution in [3.05, 3.63) is 33.8 Å². The maximum absolute atomic E-state index is 11.8. The van der Waals surface area contributed by atoms with Gasteiger partial charge in [-0.1, -0.05) is 44.0 Å². The molecule has 0 atom stereocenters. The number of benzene rings is 1. The van der Waals surface area contributed by atoms with Crippen molar-refractivity contribution < 1.29 is 4.79 Å². The van der Waals surface area contributed by atoms with Crippen LogP contribution in [0.1, 0.15) is 37.6 Å². The molecule has 0 saturated carbocycles. The molecule has 1 nitrogen and oxygen atoms in total. The molecule has 1 aromatic carbocycles. The van der Waals surface area contributed by atoms with Gasteiger partial charge in [-0.3, -0.25) is 4.79 Å². The number of halogens is 2. The van der Waals surface area contributed by atoms with Gasteiger partial charge in [-0.25, -0.2) is 0 Å². The van der Waals surface area contributed by atoms with E-state index in [4.69, 9.17) is 23.2 Å². The minimum Gasteiger partial charge on any atom is -0.294 e. The molecular formula is C12H14Cl2O. The second-order valence-corrected chi connectivity index (χ2v) is 5.69. The molecule has 0 heterocycles. The molecular weight excluding hydrogens is 231 g/mol. The van der Waals surface area contributed by atoms with Crippen molar-refractivity contribution in [3.8, 4) is 0 Å². The molecule has 0 saturated heterocycles. The Morgan fingerprint density at radius 3 is 2.00 bits per heavy atom. The van der Waals surface area contributed by atoms with E-state index < -0.39 is 0 Å². The zero-order valence-electron chi connectivity index (χ0n) is 9.10. The molecule has 0 spiro atoms. The smallest absolute Gasteiger partial charge is 0.163 e. The lowest BCUT2D eigenvalue weighted by Crippen LogP contribution is -2.13. The first-order valence-electron chi connectivity index (χ1n) is 4.77. The van der Waals surface area contributed by atoms with E-state index in [0.717, 1.165) is 0 Å². The molecule has 0 unspecified atom stereocenters. The van der Waals surface area contributed by atoms with E-state index in [1.165, 1.54) is 0 Å². The standard InChI is InChI=1S/C12H14Cl2O/c1-12(2,3)7-11(15)8-4-9(13)6-10(14)5-8/h4-6H,7H2,1-3H3. The number of hydrogen-bond donors (Lipinski definition) is 0. The summed E-state index contributed by atoms with van der Waals surface area (Å²) in [6, 6.07) is 4.93. The Kier molecular flexibility index (Phi) is 3.80. The van der Waals surface area contributed by atoms with Gasteiger partial charge in [-0.2, -0.15) is 0 Å². The van der Waals surface area contributed by atoms with Crippen LogP contribution >= 0.6 is 23.2 Å². The molecule has 0 bridgehead atoms. The van der Waals surface area contributed by atoms with Crippen LogP contribution in [0.4, 0.5) is 0 Å². The molecule has 1 aromatic rings. The maximum atomic E-state index is 11.8. The van der Waals surface area contributed by atoms with Gasteiger partial charge in [-0.15, -0.1) is 0 Å². The van der Waals surface area contributed by atoms with E-state index in [9.17, 15) is 4.79 Å². The number of Topliss-reactive ketones (excluding diaryl/α,β-unsaturated/α-hetero) is 1. The maximum Gasteiger partial charge on any atom is 0.163 e. The van der Waals surface area contributed by atoms with Gasteiger partial charge < -0.3 is 0 Å². The van der Waals surface area contributed by atoms with Crippen molar-refractivity contribution >= 4 is 29.0 Å². The normalized spacial score (nSPS) is 11.5. The minimum absolute atomic E-state index is 0.0219. The van der Waals surface area contributed by atoms with Crippen molar-refractivity contribution in [2.45, 2.75) is 27.2 Å². The molecule has 82 valence electrons. The van der Waals surface area contributed by atoms with Gasteiger partial charge in [0, 0.05) is 22.0 Å². The van der Waals surface area contributed by atoms with Gasteiger partial charge in [0.05, 0.1) is 0 Å². The van der Waals surface area contributed by atoms with Crippen molar-refractivity contribution in [2.75, 3.05) is 0 Å². The van der Waals surface area contributed by atoms with Gasteiger partial charge in [-0.05, 0) is 23.6 Å². The molecule has 1 rings (SSSR count). The lowest BCUT2D eigenvalue weighted by Gasteiger charge is -2.16. The van der Waals surface area contributed by atoms with Crippen LogP contribution < -0.4 is 0 Å². The fraction of sp³-hybridized carbons (Fsp3) is 0.417. The quantitative estimate of drug-likeness (QED) is 0.695. The third kappa shape index (κ3) is 4.23. The highest BCUT2D eigenvalue weighted by atomic mass is 35.5. The van der Waals surface area contributed by atoms with E-state index >= 15 is 0 Å². The molecule has 0 aliphatic heterocycles. The molecule has 0 aromatic heterocycles. The molecule has 3 heteroatoms. The second-order valence-electron chi connectivity index (χ2n) is 4.82. The zero-order valence-corrected chi connectivity index (χ0v) is 10.6. The Balaban J connectivity index is 2.92. The molecule has 0 amide bonds. The van der Waals surface area contributed by atoms with Crippen molar-refractivity contribution in [1.82, 2.24) is 0 Å².